The average molecular weight is 363 g/mol. The van der Waals surface area contributed by atoms with E-state index in [1.807, 2.05) is 48.8 Å². The third kappa shape index (κ3) is 4.03. The molecule has 2 heterocycles. The van der Waals surface area contributed by atoms with E-state index in [2.05, 4.69) is 15.1 Å². The van der Waals surface area contributed by atoms with E-state index in [4.69, 9.17) is 4.74 Å². The van der Waals surface area contributed by atoms with E-state index in [-0.39, 0.29) is 11.7 Å². The number of ketones is 1. The number of piperidine rings is 1. The Balaban J connectivity index is 1.44. The molecule has 4 rings (SSSR count). The summed E-state index contributed by atoms with van der Waals surface area (Å²) in [5.41, 5.74) is 2.03. The Bertz CT molecular complexity index is 920. The van der Waals surface area contributed by atoms with Gasteiger partial charge in [-0.3, -0.25) is 9.89 Å². The fourth-order valence-corrected chi connectivity index (χ4v) is 3.91. The number of nitrogens with one attached hydrogen (secondary N) is 1. The van der Waals surface area contributed by atoms with Gasteiger partial charge in [-0.05, 0) is 60.3 Å². The van der Waals surface area contributed by atoms with Crippen molar-refractivity contribution in [1.82, 2.24) is 15.1 Å². The lowest BCUT2D eigenvalue weighted by molar-refractivity contribution is 0.0821. The topological polar surface area (TPSA) is 58.2 Å². The Kier molecular flexibility index (Phi) is 5.21. The van der Waals surface area contributed by atoms with Crippen LogP contribution in [-0.2, 0) is 6.42 Å². The van der Waals surface area contributed by atoms with Gasteiger partial charge in [0.2, 0.25) is 0 Å². The number of rotatable bonds is 6. The van der Waals surface area contributed by atoms with Crippen molar-refractivity contribution in [3.05, 3.63) is 59.9 Å². The van der Waals surface area contributed by atoms with Crippen LogP contribution in [0, 0.1) is 5.92 Å². The molecule has 0 saturated carbocycles. The van der Waals surface area contributed by atoms with Crippen LogP contribution < -0.4 is 4.74 Å². The first kappa shape index (κ1) is 17.7. The van der Waals surface area contributed by atoms with Crippen molar-refractivity contribution in [2.45, 2.75) is 19.3 Å². The van der Waals surface area contributed by atoms with Crippen LogP contribution in [0.4, 0.5) is 0 Å². The molecule has 1 fully saturated rings. The number of benzene rings is 2. The molecule has 27 heavy (non-hydrogen) atoms. The highest BCUT2D eigenvalue weighted by Gasteiger charge is 2.26. The third-order valence-corrected chi connectivity index (χ3v) is 5.48. The Labute approximate surface area is 159 Å². The molecule has 0 amide bonds. The van der Waals surface area contributed by atoms with Crippen LogP contribution in [0.25, 0.3) is 10.8 Å². The van der Waals surface area contributed by atoms with Gasteiger partial charge in [-0.15, -0.1) is 0 Å². The van der Waals surface area contributed by atoms with Gasteiger partial charge in [0.05, 0.1) is 13.3 Å². The number of Topliss-reactive ketones (excluding diaryl/α,β-unsaturated/α-hetero) is 1. The smallest absolute Gasteiger partial charge is 0.167 e. The van der Waals surface area contributed by atoms with Gasteiger partial charge >= 0.3 is 0 Å². The van der Waals surface area contributed by atoms with Crippen molar-refractivity contribution >= 4 is 16.6 Å². The molecule has 140 valence electrons. The summed E-state index contributed by atoms with van der Waals surface area (Å²) in [7, 11) is 1.67. The Hall–Kier alpha value is -2.66. The van der Waals surface area contributed by atoms with Crippen molar-refractivity contribution in [1.29, 1.82) is 0 Å². The molecular weight excluding hydrogens is 338 g/mol. The van der Waals surface area contributed by atoms with Gasteiger partial charge in [0.15, 0.2) is 5.78 Å². The maximum Gasteiger partial charge on any atom is 0.167 e. The number of aromatic amines is 1. The summed E-state index contributed by atoms with van der Waals surface area (Å²) in [4.78, 5) is 15.5. The predicted octanol–water partition coefficient (Wildman–Crippen LogP) is 3.71. The molecule has 0 aliphatic carbocycles. The maximum absolute atomic E-state index is 13.1. The normalized spacial score (nSPS) is 17.9. The van der Waals surface area contributed by atoms with Crippen LogP contribution in [0.5, 0.6) is 5.75 Å². The number of nitrogens with zero attached hydrogens (tertiary/aromatic N) is 2. The number of hydrogen-bond donors (Lipinski definition) is 1. The molecule has 5 nitrogen and oxygen atoms in total. The minimum atomic E-state index is 0.0822. The van der Waals surface area contributed by atoms with Gasteiger partial charge in [0.25, 0.3) is 0 Å². The largest absolute Gasteiger partial charge is 0.497 e. The highest BCUT2D eigenvalue weighted by molar-refractivity contribution is 6.01. The molecule has 0 spiro atoms. The number of methoxy groups -OCH3 is 1. The summed E-state index contributed by atoms with van der Waals surface area (Å²) in [6, 6.07) is 11.9. The van der Waals surface area contributed by atoms with Gasteiger partial charge in [0, 0.05) is 30.8 Å². The summed E-state index contributed by atoms with van der Waals surface area (Å²) >= 11 is 0. The summed E-state index contributed by atoms with van der Waals surface area (Å²) in [6.45, 7) is 2.89. The summed E-state index contributed by atoms with van der Waals surface area (Å²) < 4.78 is 5.28. The van der Waals surface area contributed by atoms with Crippen molar-refractivity contribution in [2.24, 2.45) is 5.92 Å². The molecule has 2 aromatic carbocycles. The summed E-state index contributed by atoms with van der Waals surface area (Å²) in [5.74, 6) is 1.18. The van der Waals surface area contributed by atoms with E-state index in [9.17, 15) is 4.79 Å². The van der Waals surface area contributed by atoms with Gasteiger partial charge in [-0.1, -0.05) is 18.2 Å². The highest BCUT2D eigenvalue weighted by Crippen LogP contribution is 2.25. The zero-order valence-corrected chi connectivity index (χ0v) is 15.6. The SMILES string of the molecule is COc1ccc2cc(C(=O)[C@H]3CCCN(CCc4cn[nH]c4)C3)ccc2c1. The molecule has 0 unspecified atom stereocenters. The number of H-pyrrole nitrogens is 1. The third-order valence-electron chi connectivity index (χ3n) is 5.48. The number of hydrogen-bond acceptors (Lipinski definition) is 4. The molecule has 0 radical (unpaired) electrons. The number of carbonyl (C=O) groups is 1. The molecule has 1 atom stereocenters. The maximum atomic E-state index is 13.1. The van der Waals surface area contributed by atoms with E-state index >= 15 is 0 Å². The Morgan fingerprint density at radius 1 is 1.26 bits per heavy atom. The zero-order chi connectivity index (χ0) is 18.6. The summed E-state index contributed by atoms with van der Waals surface area (Å²) in [6.07, 6.45) is 6.83. The monoisotopic (exact) mass is 363 g/mol. The van der Waals surface area contributed by atoms with Gasteiger partial charge in [0.1, 0.15) is 5.75 Å². The van der Waals surface area contributed by atoms with Crippen molar-refractivity contribution in [2.75, 3.05) is 26.7 Å². The fourth-order valence-electron chi connectivity index (χ4n) is 3.91. The number of likely N-dealkylation sites (tertiary alicyclic amines) is 1. The Morgan fingerprint density at radius 3 is 2.93 bits per heavy atom. The van der Waals surface area contributed by atoms with E-state index in [1.165, 1.54) is 5.56 Å². The van der Waals surface area contributed by atoms with E-state index in [0.29, 0.717) is 0 Å². The van der Waals surface area contributed by atoms with Crippen LogP contribution in [-0.4, -0.2) is 47.6 Å². The first-order chi connectivity index (χ1) is 13.2. The molecule has 1 aromatic heterocycles. The molecule has 3 aromatic rings. The minimum absolute atomic E-state index is 0.0822. The lowest BCUT2D eigenvalue weighted by Gasteiger charge is -2.32. The van der Waals surface area contributed by atoms with Crippen LogP contribution in [0.3, 0.4) is 0 Å². The van der Waals surface area contributed by atoms with E-state index in [1.54, 1.807) is 7.11 Å². The molecule has 0 bridgehead atoms. The Morgan fingerprint density at radius 2 is 2.11 bits per heavy atom. The second-order valence-corrected chi connectivity index (χ2v) is 7.29. The lowest BCUT2D eigenvalue weighted by atomic mass is 9.89. The van der Waals surface area contributed by atoms with E-state index < -0.39 is 0 Å². The van der Waals surface area contributed by atoms with Crippen molar-refractivity contribution in [3.63, 3.8) is 0 Å². The predicted molar refractivity (Wildman–Crippen MR) is 106 cm³/mol. The number of ether oxygens (including phenoxy) is 1. The van der Waals surface area contributed by atoms with Crippen LogP contribution in [0.15, 0.2) is 48.8 Å². The van der Waals surface area contributed by atoms with Gasteiger partial charge < -0.3 is 9.64 Å². The van der Waals surface area contributed by atoms with E-state index in [0.717, 1.165) is 61.0 Å². The first-order valence-electron chi connectivity index (χ1n) is 9.55. The highest BCUT2D eigenvalue weighted by atomic mass is 16.5. The van der Waals surface area contributed by atoms with Crippen LogP contribution in [0.1, 0.15) is 28.8 Å². The quantitative estimate of drug-likeness (QED) is 0.678. The van der Waals surface area contributed by atoms with Crippen LogP contribution in [0.2, 0.25) is 0 Å². The number of carbonyl (C=O) groups excluding carboxylic acids is 1. The number of fused-ring (bicyclic) bond motifs is 1. The number of aromatic nitrogens is 2. The second kappa shape index (κ2) is 7.92. The molecule has 1 aliphatic heterocycles. The zero-order valence-electron chi connectivity index (χ0n) is 15.6. The van der Waals surface area contributed by atoms with Crippen molar-refractivity contribution in [3.8, 4) is 5.75 Å². The second-order valence-electron chi connectivity index (χ2n) is 7.29. The average Bonchev–Trinajstić information content (AvgIpc) is 3.25. The lowest BCUT2D eigenvalue weighted by Crippen LogP contribution is -2.39. The molecule has 1 N–H and O–H groups in total. The molecular formula is C22H25N3O2. The first-order valence-corrected chi connectivity index (χ1v) is 9.55. The summed E-state index contributed by atoms with van der Waals surface area (Å²) in [5, 5.41) is 9.03. The molecule has 1 saturated heterocycles. The van der Waals surface area contributed by atoms with Crippen molar-refractivity contribution < 1.29 is 9.53 Å². The van der Waals surface area contributed by atoms with Gasteiger partial charge in [-0.2, -0.15) is 5.10 Å². The standard InChI is InChI=1S/C22H25N3O2/c1-27-21-7-6-17-11-19(5-4-18(17)12-21)22(26)20-3-2-9-25(15-20)10-8-16-13-23-24-14-16/h4-7,11-14,20H,2-3,8-10,15H2,1H3,(H,23,24)/t20-/m0/s1. The van der Waals surface area contributed by atoms with Crippen LogP contribution >= 0.6 is 0 Å². The molecule has 5 heteroatoms. The minimum Gasteiger partial charge on any atom is -0.497 e. The van der Waals surface area contributed by atoms with Gasteiger partial charge in [-0.25, -0.2) is 0 Å². The fraction of sp³-hybridized carbons (Fsp3) is 0.364. The molecule has 1 aliphatic rings.